The molecule has 1 atom stereocenters. The highest BCUT2D eigenvalue weighted by molar-refractivity contribution is 6.01. The van der Waals surface area contributed by atoms with Crippen molar-refractivity contribution in [3.8, 4) is 0 Å². The summed E-state index contributed by atoms with van der Waals surface area (Å²) in [5.74, 6) is -0.834. The van der Waals surface area contributed by atoms with Gasteiger partial charge in [0, 0.05) is 32.3 Å². The van der Waals surface area contributed by atoms with E-state index in [1.807, 2.05) is 13.8 Å². The number of hydrogen-bond donors (Lipinski definition) is 2. The maximum absolute atomic E-state index is 13.0. The van der Waals surface area contributed by atoms with E-state index in [1.165, 1.54) is 15.6 Å². The largest absolute Gasteiger partial charge is 0.379 e. The minimum Gasteiger partial charge on any atom is -0.379 e. The lowest BCUT2D eigenvalue weighted by Gasteiger charge is -2.41. The first kappa shape index (κ1) is 22.3. The Hall–Kier alpha value is -2.42. The van der Waals surface area contributed by atoms with Crippen LogP contribution in [-0.4, -0.2) is 70.3 Å². The summed E-state index contributed by atoms with van der Waals surface area (Å²) in [7, 11) is 1.63. The molecule has 0 aromatic carbocycles. The number of nitrogens with zero attached hydrogens (tertiary/aromatic N) is 3. The number of carbonyl (C=O) groups excluding carboxylic acids is 3. The second kappa shape index (κ2) is 9.16. The van der Waals surface area contributed by atoms with Crippen LogP contribution < -0.4 is 10.6 Å². The van der Waals surface area contributed by atoms with Crippen LogP contribution in [0, 0.1) is 0 Å². The SMILES string of the molecule is CC(C)OCCCNC(=O)c1cc2n(n1)C[C@@](C)(C(=O)NC1CCCC1)N(C)C2=O. The number of aromatic nitrogens is 2. The van der Waals surface area contributed by atoms with Crippen LogP contribution in [0.5, 0.6) is 0 Å². The molecule has 2 aliphatic rings. The highest BCUT2D eigenvalue weighted by atomic mass is 16.5. The third-order valence-corrected chi connectivity index (χ3v) is 5.97. The Labute approximate surface area is 177 Å². The van der Waals surface area contributed by atoms with Gasteiger partial charge < -0.3 is 20.3 Å². The summed E-state index contributed by atoms with van der Waals surface area (Å²) in [6.07, 6.45) is 5.02. The summed E-state index contributed by atoms with van der Waals surface area (Å²) in [6.45, 7) is 6.90. The Morgan fingerprint density at radius 2 is 2.03 bits per heavy atom. The summed E-state index contributed by atoms with van der Waals surface area (Å²) < 4.78 is 6.93. The Balaban J connectivity index is 1.65. The summed E-state index contributed by atoms with van der Waals surface area (Å²) in [5.41, 5.74) is -0.561. The van der Waals surface area contributed by atoms with Gasteiger partial charge in [-0.05, 0) is 40.0 Å². The van der Waals surface area contributed by atoms with Crippen LogP contribution in [0.1, 0.15) is 73.9 Å². The molecule has 1 aliphatic carbocycles. The van der Waals surface area contributed by atoms with E-state index in [9.17, 15) is 14.4 Å². The van der Waals surface area contributed by atoms with Crippen molar-refractivity contribution in [2.75, 3.05) is 20.2 Å². The van der Waals surface area contributed by atoms with E-state index in [4.69, 9.17) is 4.74 Å². The number of rotatable bonds is 8. The molecule has 9 heteroatoms. The number of hydrogen-bond acceptors (Lipinski definition) is 5. The normalized spacial score (nSPS) is 21.8. The molecule has 166 valence electrons. The van der Waals surface area contributed by atoms with E-state index in [2.05, 4.69) is 15.7 Å². The van der Waals surface area contributed by atoms with E-state index in [1.54, 1.807) is 14.0 Å². The Bertz CT molecular complexity index is 799. The standard InChI is InChI=1S/C21H33N5O4/c1-14(2)30-11-7-10-22-18(27)16-12-17-19(28)25(4)21(3,13-26(17)24-16)20(29)23-15-8-5-6-9-15/h12,14-15H,5-11,13H2,1-4H3,(H,22,27)(H,23,29)/t21-/m0/s1. The fraction of sp³-hybridized carbons (Fsp3) is 0.714. The second-order valence-electron chi connectivity index (χ2n) is 8.69. The molecule has 1 aromatic rings. The topological polar surface area (TPSA) is 106 Å². The van der Waals surface area contributed by atoms with Gasteiger partial charge >= 0.3 is 0 Å². The van der Waals surface area contributed by atoms with Crippen molar-refractivity contribution in [3.05, 3.63) is 17.5 Å². The molecule has 2 heterocycles. The van der Waals surface area contributed by atoms with Crippen LogP contribution in [-0.2, 0) is 16.1 Å². The van der Waals surface area contributed by atoms with Crippen LogP contribution in [0.3, 0.4) is 0 Å². The lowest BCUT2D eigenvalue weighted by atomic mass is 9.95. The summed E-state index contributed by atoms with van der Waals surface area (Å²) in [5, 5.41) is 10.2. The first-order valence-electron chi connectivity index (χ1n) is 10.8. The zero-order valence-electron chi connectivity index (χ0n) is 18.4. The number of likely N-dealkylation sites (N-methyl/N-ethyl adjacent to an activating group) is 1. The van der Waals surface area contributed by atoms with Gasteiger partial charge in [-0.25, -0.2) is 0 Å². The fourth-order valence-corrected chi connectivity index (χ4v) is 3.93. The van der Waals surface area contributed by atoms with Gasteiger partial charge in [0.2, 0.25) is 5.91 Å². The van der Waals surface area contributed by atoms with Crippen molar-refractivity contribution in [2.24, 2.45) is 0 Å². The molecule has 1 aliphatic heterocycles. The zero-order chi connectivity index (χ0) is 21.9. The van der Waals surface area contributed by atoms with Crippen LogP contribution in [0.2, 0.25) is 0 Å². The van der Waals surface area contributed by atoms with Gasteiger partial charge in [-0.3, -0.25) is 19.1 Å². The monoisotopic (exact) mass is 419 g/mol. The molecule has 9 nitrogen and oxygen atoms in total. The van der Waals surface area contributed by atoms with Crippen molar-refractivity contribution in [1.82, 2.24) is 25.3 Å². The molecule has 0 unspecified atom stereocenters. The average Bonchev–Trinajstić information content (AvgIpc) is 3.35. The van der Waals surface area contributed by atoms with Crippen LogP contribution in [0.4, 0.5) is 0 Å². The fourth-order valence-electron chi connectivity index (χ4n) is 3.93. The Morgan fingerprint density at radius 3 is 2.70 bits per heavy atom. The molecule has 0 spiro atoms. The highest BCUT2D eigenvalue weighted by Crippen LogP contribution is 2.27. The van der Waals surface area contributed by atoms with Crippen LogP contribution >= 0.6 is 0 Å². The molecule has 3 amide bonds. The predicted octanol–water partition coefficient (Wildman–Crippen LogP) is 1.33. The van der Waals surface area contributed by atoms with Gasteiger partial charge in [0.25, 0.3) is 11.8 Å². The van der Waals surface area contributed by atoms with Crippen molar-refractivity contribution in [2.45, 2.75) is 77.1 Å². The van der Waals surface area contributed by atoms with Crippen molar-refractivity contribution >= 4 is 17.7 Å². The maximum Gasteiger partial charge on any atom is 0.272 e. The van der Waals surface area contributed by atoms with Crippen LogP contribution in [0.25, 0.3) is 0 Å². The molecular weight excluding hydrogens is 386 g/mol. The molecule has 0 radical (unpaired) electrons. The van der Waals surface area contributed by atoms with Gasteiger partial charge in [-0.2, -0.15) is 5.10 Å². The number of fused-ring (bicyclic) bond motifs is 1. The van der Waals surface area contributed by atoms with Crippen LogP contribution in [0.15, 0.2) is 6.07 Å². The predicted molar refractivity (Wildman–Crippen MR) is 111 cm³/mol. The maximum atomic E-state index is 13.0. The molecule has 3 rings (SSSR count). The van der Waals surface area contributed by atoms with Crippen molar-refractivity contribution < 1.29 is 19.1 Å². The number of nitrogens with one attached hydrogen (secondary N) is 2. The van der Waals surface area contributed by atoms with Gasteiger partial charge in [-0.1, -0.05) is 12.8 Å². The third kappa shape index (κ3) is 4.66. The lowest BCUT2D eigenvalue weighted by Crippen LogP contribution is -2.63. The minimum absolute atomic E-state index is 0.156. The number of amides is 3. The second-order valence-corrected chi connectivity index (χ2v) is 8.69. The van der Waals surface area contributed by atoms with Gasteiger partial charge in [0.1, 0.15) is 11.2 Å². The van der Waals surface area contributed by atoms with Crippen molar-refractivity contribution in [3.63, 3.8) is 0 Å². The molecule has 1 fully saturated rings. The highest BCUT2D eigenvalue weighted by Gasteiger charge is 2.46. The van der Waals surface area contributed by atoms with E-state index in [0.29, 0.717) is 25.3 Å². The molecule has 0 saturated heterocycles. The van der Waals surface area contributed by atoms with Gasteiger partial charge in [0.15, 0.2) is 5.69 Å². The van der Waals surface area contributed by atoms with E-state index >= 15 is 0 Å². The number of carbonyl (C=O) groups is 3. The lowest BCUT2D eigenvalue weighted by molar-refractivity contribution is -0.133. The molecular formula is C21H33N5O4. The minimum atomic E-state index is -1.05. The quantitative estimate of drug-likeness (QED) is 0.619. The average molecular weight is 420 g/mol. The van der Waals surface area contributed by atoms with E-state index < -0.39 is 5.54 Å². The zero-order valence-corrected chi connectivity index (χ0v) is 18.4. The Morgan fingerprint density at radius 1 is 1.33 bits per heavy atom. The molecule has 30 heavy (non-hydrogen) atoms. The number of ether oxygens (including phenoxy) is 1. The third-order valence-electron chi connectivity index (χ3n) is 5.97. The smallest absolute Gasteiger partial charge is 0.272 e. The summed E-state index contributed by atoms with van der Waals surface area (Å²) in [6, 6.07) is 1.66. The first-order chi connectivity index (χ1) is 14.2. The molecule has 1 aromatic heterocycles. The molecule has 1 saturated carbocycles. The van der Waals surface area contributed by atoms with E-state index in [-0.39, 0.29) is 42.1 Å². The summed E-state index contributed by atoms with van der Waals surface area (Å²) in [4.78, 5) is 39.8. The van der Waals surface area contributed by atoms with Crippen molar-refractivity contribution in [1.29, 1.82) is 0 Å². The van der Waals surface area contributed by atoms with Gasteiger partial charge in [0.05, 0.1) is 12.6 Å². The Kier molecular flexibility index (Phi) is 6.80. The molecule has 2 N–H and O–H groups in total. The summed E-state index contributed by atoms with van der Waals surface area (Å²) >= 11 is 0. The van der Waals surface area contributed by atoms with E-state index in [0.717, 1.165) is 25.7 Å². The first-order valence-corrected chi connectivity index (χ1v) is 10.8. The van der Waals surface area contributed by atoms with Gasteiger partial charge in [-0.15, -0.1) is 0 Å². The molecule has 0 bridgehead atoms.